The Bertz CT molecular complexity index is 682. The minimum Gasteiger partial charge on any atom is -0.478 e. The van der Waals surface area contributed by atoms with E-state index in [4.69, 9.17) is 5.11 Å². The molecule has 0 aliphatic carbocycles. The summed E-state index contributed by atoms with van der Waals surface area (Å²) >= 11 is 0. The molecule has 2 N–H and O–H groups in total. The normalized spacial score (nSPS) is 9.64. The Morgan fingerprint density at radius 2 is 1.41 bits per heavy atom. The van der Waals surface area contributed by atoms with Crippen LogP contribution in [0.15, 0.2) is 48.5 Å². The second kappa shape index (κ2) is 8.87. The van der Waals surface area contributed by atoms with Crippen LogP contribution in [0.3, 0.4) is 0 Å². The summed E-state index contributed by atoms with van der Waals surface area (Å²) in [6.07, 6.45) is 3.35. The van der Waals surface area contributed by atoms with Crippen molar-refractivity contribution in [2.75, 3.05) is 0 Å². The molecule has 6 heteroatoms. The average Bonchev–Trinajstić information content (AvgIpc) is 2.45. The van der Waals surface area contributed by atoms with Crippen molar-refractivity contribution in [3.05, 3.63) is 70.8 Å². The second-order valence-electron chi connectivity index (χ2n) is 4.12. The first kappa shape index (κ1) is 19.7. The third kappa shape index (κ3) is 4.62. The molecule has 0 bridgehead atoms. The highest BCUT2D eigenvalue weighted by atomic mass is 35.5. The maximum Gasteiger partial charge on any atom is 0.337 e. The van der Waals surface area contributed by atoms with Gasteiger partial charge in [-0.3, -0.25) is 0 Å². The maximum absolute atomic E-state index is 11.3. The van der Waals surface area contributed by atoms with Gasteiger partial charge < -0.3 is 10.2 Å². The van der Waals surface area contributed by atoms with Crippen LogP contribution in [-0.4, -0.2) is 22.2 Å². The lowest BCUT2D eigenvalue weighted by Crippen LogP contribution is -2.09. The van der Waals surface area contributed by atoms with E-state index in [1.807, 2.05) is 30.3 Å². The number of carboxylic acid groups (broad SMARTS) is 2. The Kier molecular flexibility index (Phi) is 7.94. The quantitative estimate of drug-likeness (QED) is 0.821. The summed E-state index contributed by atoms with van der Waals surface area (Å²) in [6.45, 7) is 0. The molecule has 0 amide bonds. The third-order valence-electron chi connectivity index (χ3n) is 2.80. The van der Waals surface area contributed by atoms with Gasteiger partial charge in [-0.1, -0.05) is 54.6 Å². The monoisotopic (exact) mass is 340 g/mol. The predicted molar refractivity (Wildman–Crippen MR) is 90.2 cm³/mol. The first-order chi connectivity index (χ1) is 9.59. The summed E-state index contributed by atoms with van der Waals surface area (Å²) in [4.78, 5) is 22.3. The van der Waals surface area contributed by atoms with E-state index in [2.05, 4.69) is 0 Å². The molecular weight excluding hydrogens is 327 g/mol. The number of benzene rings is 2. The predicted octanol–water partition coefficient (Wildman–Crippen LogP) is 4.10. The van der Waals surface area contributed by atoms with E-state index in [1.165, 1.54) is 12.1 Å². The largest absolute Gasteiger partial charge is 0.478 e. The van der Waals surface area contributed by atoms with Crippen molar-refractivity contribution in [3.63, 3.8) is 0 Å². The van der Waals surface area contributed by atoms with E-state index in [-0.39, 0.29) is 35.9 Å². The molecule has 0 aliphatic heterocycles. The highest BCUT2D eigenvalue weighted by Crippen LogP contribution is 2.18. The van der Waals surface area contributed by atoms with Gasteiger partial charge in [0.2, 0.25) is 0 Å². The topological polar surface area (TPSA) is 74.6 Å². The second-order valence-corrected chi connectivity index (χ2v) is 4.12. The van der Waals surface area contributed by atoms with Gasteiger partial charge in [-0.05, 0) is 17.2 Å². The van der Waals surface area contributed by atoms with Crippen molar-refractivity contribution in [3.8, 4) is 0 Å². The van der Waals surface area contributed by atoms with Crippen molar-refractivity contribution in [2.24, 2.45) is 0 Å². The Morgan fingerprint density at radius 1 is 0.773 bits per heavy atom. The molecule has 0 spiro atoms. The molecule has 0 saturated carbocycles. The molecule has 22 heavy (non-hydrogen) atoms. The van der Waals surface area contributed by atoms with E-state index in [0.717, 1.165) is 5.56 Å². The molecule has 0 aromatic heterocycles. The van der Waals surface area contributed by atoms with Gasteiger partial charge >= 0.3 is 11.9 Å². The van der Waals surface area contributed by atoms with Crippen LogP contribution in [0.5, 0.6) is 0 Å². The Hall–Kier alpha value is -2.30. The fourth-order valence-electron chi connectivity index (χ4n) is 1.88. The zero-order chi connectivity index (χ0) is 14.5. The van der Waals surface area contributed by atoms with Crippen molar-refractivity contribution in [1.82, 2.24) is 0 Å². The summed E-state index contributed by atoms with van der Waals surface area (Å²) < 4.78 is 0. The summed E-state index contributed by atoms with van der Waals surface area (Å²) in [5, 5.41) is 18.2. The molecule has 0 heterocycles. The van der Waals surface area contributed by atoms with Crippen LogP contribution < -0.4 is 0 Å². The molecule has 0 radical (unpaired) electrons. The molecule has 0 unspecified atom stereocenters. The molecular formula is C16H14Cl2O4. The fraction of sp³-hybridized carbons (Fsp3) is 0. The van der Waals surface area contributed by atoms with Gasteiger partial charge in [0.25, 0.3) is 0 Å². The maximum atomic E-state index is 11.3. The SMILES string of the molecule is Cl.Cl.O=C(O)c1cccc(C=Cc2ccccc2)c1C(=O)O. The summed E-state index contributed by atoms with van der Waals surface area (Å²) in [7, 11) is 0. The number of rotatable bonds is 4. The molecule has 2 aromatic rings. The molecule has 0 saturated heterocycles. The van der Waals surface area contributed by atoms with Crippen molar-refractivity contribution < 1.29 is 19.8 Å². The van der Waals surface area contributed by atoms with Gasteiger partial charge in [-0.25, -0.2) is 9.59 Å². The minimum absolute atomic E-state index is 0. The van der Waals surface area contributed by atoms with Gasteiger partial charge in [0.1, 0.15) is 0 Å². The van der Waals surface area contributed by atoms with Crippen LogP contribution in [0.4, 0.5) is 0 Å². The highest BCUT2D eigenvalue weighted by molar-refractivity contribution is 6.04. The lowest BCUT2D eigenvalue weighted by atomic mass is 10.00. The zero-order valence-electron chi connectivity index (χ0n) is 11.3. The third-order valence-corrected chi connectivity index (χ3v) is 2.80. The van der Waals surface area contributed by atoms with E-state index in [1.54, 1.807) is 18.2 Å². The molecule has 0 atom stereocenters. The number of hydrogen-bond donors (Lipinski definition) is 2. The molecule has 116 valence electrons. The van der Waals surface area contributed by atoms with E-state index < -0.39 is 11.9 Å². The van der Waals surface area contributed by atoms with E-state index >= 15 is 0 Å². The molecule has 2 rings (SSSR count). The van der Waals surface area contributed by atoms with Gasteiger partial charge in [-0.15, -0.1) is 24.8 Å². The van der Waals surface area contributed by atoms with Crippen molar-refractivity contribution in [1.29, 1.82) is 0 Å². The van der Waals surface area contributed by atoms with E-state index in [0.29, 0.717) is 5.56 Å². The van der Waals surface area contributed by atoms with Crippen LogP contribution in [-0.2, 0) is 0 Å². The van der Waals surface area contributed by atoms with E-state index in [9.17, 15) is 14.7 Å². The molecule has 2 aromatic carbocycles. The zero-order valence-corrected chi connectivity index (χ0v) is 12.9. The van der Waals surface area contributed by atoms with Gasteiger partial charge in [0.15, 0.2) is 0 Å². The van der Waals surface area contributed by atoms with Gasteiger partial charge in [0.05, 0.1) is 11.1 Å². The number of halogens is 2. The van der Waals surface area contributed by atoms with Crippen molar-refractivity contribution >= 4 is 48.9 Å². The number of aromatic carboxylic acids is 2. The fourth-order valence-corrected chi connectivity index (χ4v) is 1.88. The van der Waals surface area contributed by atoms with Crippen LogP contribution in [0.25, 0.3) is 12.2 Å². The first-order valence-electron chi connectivity index (χ1n) is 5.92. The smallest absolute Gasteiger partial charge is 0.337 e. The average molecular weight is 341 g/mol. The van der Waals surface area contributed by atoms with Gasteiger partial charge in [0, 0.05) is 0 Å². The molecule has 0 aliphatic rings. The lowest BCUT2D eigenvalue weighted by molar-refractivity contribution is 0.0651. The number of carbonyl (C=O) groups is 2. The van der Waals surface area contributed by atoms with Crippen LogP contribution in [0.2, 0.25) is 0 Å². The standard InChI is InChI=1S/C16H12O4.2ClH/c17-15(18)13-8-4-7-12(14(13)16(19)20)10-9-11-5-2-1-3-6-11;;/h1-10H,(H,17,18)(H,19,20);2*1H. The first-order valence-corrected chi connectivity index (χ1v) is 5.92. The van der Waals surface area contributed by atoms with Crippen LogP contribution in [0.1, 0.15) is 31.8 Å². The van der Waals surface area contributed by atoms with Gasteiger partial charge in [-0.2, -0.15) is 0 Å². The number of carboxylic acids is 2. The highest BCUT2D eigenvalue weighted by Gasteiger charge is 2.18. The summed E-state index contributed by atoms with van der Waals surface area (Å²) in [5.41, 5.74) is 0.853. The Labute approximate surface area is 139 Å². The number of hydrogen-bond acceptors (Lipinski definition) is 2. The Morgan fingerprint density at radius 3 is 1.95 bits per heavy atom. The van der Waals surface area contributed by atoms with Crippen LogP contribution in [0, 0.1) is 0 Å². The molecule has 4 nitrogen and oxygen atoms in total. The summed E-state index contributed by atoms with van der Waals surface area (Å²) in [5.74, 6) is -2.51. The minimum atomic E-state index is -1.25. The Balaban J connectivity index is 0.00000220. The molecule has 0 fully saturated rings. The van der Waals surface area contributed by atoms with Crippen LogP contribution >= 0.6 is 24.8 Å². The van der Waals surface area contributed by atoms with Crippen molar-refractivity contribution in [2.45, 2.75) is 0 Å². The summed E-state index contributed by atoms with van der Waals surface area (Å²) in [6, 6.07) is 13.7. The lowest BCUT2D eigenvalue weighted by Gasteiger charge is -2.05.